The quantitative estimate of drug-likeness (QED) is 0.417. The number of fused-ring (bicyclic) bond motifs is 2. The number of hydrogen-bond donors (Lipinski definition) is 3. The van der Waals surface area contributed by atoms with Crippen molar-refractivity contribution in [3.63, 3.8) is 0 Å². The SMILES string of the molecule is CC(C)(C)OC(=O)NC(Cc1c[nH]c2ccccc12)C(=O)N[C@@H]1CCCN2CN(Cc3ccccc3)C(=O)C[C@@H]12. The van der Waals surface area contributed by atoms with Crippen molar-refractivity contribution in [3.8, 4) is 0 Å². The van der Waals surface area contributed by atoms with Crippen LogP contribution in [0.2, 0.25) is 0 Å². The van der Waals surface area contributed by atoms with Gasteiger partial charge < -0.3 is 25.3 Å². The first-order valence-electron chi connectivity index (χ1n) is 14.1. The van der Waals surface area contributed by atoms with Gasteiger partial charge in [0.15, 0.2) is 0 Å². The summed E-state index contributed by atoms with van der Waals surface area (Å²) in [5.41, 5.74) is 2.31. The summed E-state index contributed by atoms with van der Waals surface area (Å²) in [4.78, 5) is 47.0. The molecule has 5 rings (SSSR count). The molecule has 2 aromatic carbocycles. The predicted octanol–water partition coefficient (Wildman–Crippen LogP) is 3.94. The summed E-state index contributed by atoms with van der Waals surface area (Å²) in [6, 6.07) is 16.8. The normalized spacial score (nSPS) is 20.6. The van der Waals surface area contributed by atoms with E-state index in [0.717, 1.165) is 41.4 Å². The minimum absolute atomic E-state index is 0.0764. The van der Waals surface area contributed by atoms with Crippen molar-refractivity contribution in [2.75, 3.05) is 13.2 Å². The highest BCUT2D eigenvalue weighted by molar-refractivity contribution is 5.88. The van der Waals surface area contributed by atoms with Gasteiger partial charge >= 0.3 is 6.09 Å². The molecule has 0 aliphatic carbocycles. The van der Waals surface area contributed by atoms with E-state index >= 15 is 0 Å². The van der Waals surface area contributed by atoms with E-state index in [1.54, 1.807) is 20.8 Å². The van der Waals surface area contributed by atoms with Gasteiger partial charge in [-0.1, -0.05) is 48.5 Å². The van der Waals surface area contributed by atoms with Crippen molar-refractivity contribution in [1.82, 2.24) is 25.4 Å². The van der Waals surface area contributed by atoms with Gasteiger partial charge in [-0.2, -0.15) is 0 Å². The largest absolute Gasteiger partial charge is 0.444 e. The zero-order chi connectivity index (χ0) is 28.3. The number of rotatable bonds is 7. The minimum Gasteiger partial charge on any atom is -0.444 e. The molecule has 0 saturated carbocycles. The van der Waals surface area contributed by atoms with Crippen molar-refractivity contribution >= 4 is 28.8 Å². The monoisotopic (exact) mass is 545 g/mol. The molecule has 0 spiro atoms. The molecule has 3 amide bonds. The van der Waals surface area contributed by atoms with E-state index in [9.17, 15) is 14.4 Å². The molecule has 2 fully saturated rings. The summed E-state index contributed by atoms with van der Waals surface area (Å²) in [5, 5.41) is 7.01. The topological polar surface area (TPSA) is 107 Å². The molecule has 9 heteroatoms. The van der Waals surface area contributed by atoms with E-state index in [-0.39, 0.29) is 23.9 Å². The number of carbonyl (C=O) groups excluding carboxylic acids is 3. The van der Waals surface area contributed by atoms with Crippen LogP contribution < -0.4 is 10.6 Å². The molecule has 1 aromatic heterocycles. The minimum atomic E-state index is -0.835. The lowest BCUT2D eigenvalue weighted by molar-refractivity contribution is -0.145. The number of nitrogens with one attached hydrogen (secondary N) is 3. The van der Waals surface area contributed by atoms with E-state index in [1.165, 1.54) is 0 Å². The van der Waals surface area contributed by atoms with Gasteiger partial charge in [-0.3, -0.25) is 14.5 Å². The Hall–Kier alpha value is -3.85. The summed E-state index contributed by atoms with van der Waals surface area (Å²) in [7, 11) is 0. The van der Waals surface area contributed by atoms with Gasteiger partial charge in [-0.15, -0.1) is 0 Å². The van der Waals surface area contributed by atoms with Gasteiger partial charge in [-0.25, -0.2) is 4.79 Å². The summed E-state index contributed by atoms with van der Waals surface area (Å²) >= 11 is 0. The molecule has 9 nitrogen and oxygen atoms in total. The van der Waals surface area contributed by atoms with Crippen LogP contribution in [0, 0.1) is 0 Å². The second-order valence-corrected chi connectivity index (χ2v) is 11.8. The molecule has 0 radical (unpaired) electrons. The summed E-state index contributed by atoms with van der Waals surface area (Å²) < 4.78 is 5.48. The maximum atomic E-state index is 13.7. The van der Waals surface area contributed by atoms with Crippen LogP contribution in [0.4, 0.5) is 4.79 Å². The number of carbonyl (C=O) groups is 3. The van der Waals surface area contributed by atoms with Crippen LogP contribution >= 0.6 is 0 Å². The third kappa shape index (κ3) is 6.65. The highest BCUT2D eigenvalue weighted by Crippen LogP contribution is 2.27. The van der Waals surface area contributed by atoms with E-state index in [2.05, 4.69) is 20.5 Å². The number of alkyl carbamates (subject to hydrolysis) is 1. The number of amides is 3. The number of nitrogens with zero attached hydrogens (tertiary/aromatic N) is 2. The molecule has 212 valence electrons. The van der Waals surface area contributed by atoms with Crippen LogP contribution in [0.1, 0.15) is 51.2 Å². The average molecular weight is 546 g/mol. The number of hydrogen-bond acceptors (Lipinski definition) is 5. The predicted molar refractivity (Wildman–Crippen MR) is 153 cm³/mol. The van der Waals surface area contributed by atoms with Gasteiger partial charge in [0.2, 0.25) is 11.8 Å². The Bertz CT molecular complexity index is 1350. The van der Waals surface area contributed by atoms with E-state index in [1.807, 2.05) is 65.7 Å². The molecule has 1 unspecified atom stereocenters. The second kappa shape index (κ2) is 11.7. The Morgan fingerprint density at radius 1 is 1.10 bits per heavy atom. The highest BCUT2D eigenvalue weighted by Gasteiger charge is 2.40. The third-order valence-electron chi connectivity index (χ3n) is 7.63. The molecule has 3 N–H and O–H groups in total. The Balaban J connectivity index is 1.29. The highest BCUT2D eigenvalue weighted by atomic mass is 16.6. The van der Waals surface area contributed by atoms with Crippen molar-refractivity contribution in [3.05, 3.63) is 71.9 Å². The summed E-state index contributed by atoms with van der Waals surface area (Å²) in [6.07, 6.45) is 3.60. The van der Waals surface area contributed by atoms with Crippen LogP contribution in [0.15, 0.2) is 60.8 Å². The molecule has 0 bridgehead atoms. The van der Waals surface area contributed by atoms with Crippen molar-refractivity contribution in [2.45, 2.75) is 76.7 Å². The molecule has 2 aliphatic rings. The number of ether oxygens (including phenoxy) is 1. The molecule has 3 heterocycles. The maximum Gasteiger partial charge on any atom is 0.408 e. The van der Waals surface area contributed by atoms with Crippen LogP contribution in [0.25, 0.3) is 10.9 Å². The van der Waals surface area contributed by atoms with Gasteiger partial charge in [-0.05, 0) is 50.8 Å². The van der Waals surface area contributed by atoms with Crippen molar-refractivity contribution in [1.29, 1.82) is 0 Å². The summed E-state index contributed by atoms with van der Waals surface area (Å²) in [6.45, 7) is 7.37. The van der Waals surface area contributed by atoms with E-state index < -0.39 is 17.7 Å². The number of H-pyrrole nitrogens is 1. The van der Waals surface area contributed by atoms with Gasteiger partial charge in [0.25, 0.3) is 0 Å². The Morgan fingerprint density at radius 3 is 2.62 bits per heavy atom. The Kier molecular flexibility index (Phi) is 8.12. The number of para-hydroxylation sites is 1. The fraction of sp³-hybridized carbons (Fsp3) is 0.452. The standard InChI is InChI=1S/C31H39N5O4/c1-31(2,3)40-30(39)34-26(16-22-18-32-24-13-8-7-12-23(22)24)29(38)33-25-14-9-15-35-20-36(28(37)17-27(25)35)19-21-10-5-4-6-11-21/h4-8,10-13,18,25-27,32H,9,14-17,19-20H2,1-3H3,(H,33,38)(H,34,39)/t25-,26?,27+/m1/s1. The van der Waals surface area contributed by atoms with Gasteiger partial charge in [0.1, 0.15) is 11.6 Å². The molecule has 40 heavy (non-hydrogen) atoms. The first-order chi connectivity index (χ1) is 19.2. The molecule has 3 atom stereocenters. The fourth-order valence-corrected chi connectivity index (χ4v) is 5.75. The summed E-state index contributed by atoms with van der Waals surface area (Å²) in [5.74, 6) is -0.185. The second-order valence-electron chi connectivity index (χ2n) is 11.8. The Labute approximate surface area is 235 Å². The zero-order valence-electron chi connectivity index (χ0n) is 23.5. The molecule has 2 saturated heterocycles. The lowest BCUT2D eigenvalue weighted by Gasteiger charge is -2.47. The van der Waals surface area contributed by atoms with E-state index in [4.69, 9.17) is 4.74 Å². The Morgan fingerprint density at radius 2 is 1.85 bits per heavy atom. The molecule has 2 aliphatic heterocycles. The third-order valence-corrected chi connectivity index (χ3v) is 7.63. The fourth-order valence-electron chi connectivity index (χ4n) is 5.75. The zero-order valence-corrected chi connectivity index (χ0v) is 23.5. The number of aromatic nitrogens is 1. The number of aromatic amines is 1. The average Bonchev–Trinajstić information content (AvgIpc) is 3.31. The van der Waals surface area contributed by atoms with Crippen LogP contribution in [0.3, 0.4) is 0 Å². The smallest absolute Gasteiger partial charge is 0.408 e. The molecule has 3 aromatic rings. The van der Waals surface area contributed by atoms with E-state index in [0.29, 0.717) is 26.1 Å². The first-order valence-corrected chi connectivity index (χ1v) is 14.1. The molecular weight excluding hydrogens is 506 g/mol. The number of benzene rings is 2. The van der Waals surface area contributed by atoms with Crippen molar-refractivity contribution < 1.29 is 19.1 Å². The molecular formula is C31H39N5O4. The number of piperidine rings is 1. The lowest BCUT2D eigenvalue weighted by atomic mass is 9.91. The van der Waals surface area contributed by atoms with Gasteiger partial charge in [0, 0.05) is 55.1 Å². The lowest BCUT2D eigenvalue weighted by Crippen LogP contribution is -2.64. The van der Waals surface area contributed by atoms with Crippen LogP contribution in [-0.4, -0.2) is 69.6 Å². The van der Waals surface area contributed by atoms with Crippen molar-refractivity contribution in [2.24, 2.45) is 0 Å². The van der Waals surface area contributed by atoms with Crippen LogP contribution in [0.5, 0.6) is 0 Å². The van der Waals surface area contributed by atoms with Crippen LogP contribution in [-0.2, 0) is 27.3 Å². The van der Waals surface area contributed by atoms with Gasteiger partial charge in [0.05, 0.1) is 6.67 Å². The maximum absolute atomic E-state index is 13.7. The first kappa shape index (κ1) is 27.7.